The Kier molecular flexibility index (Phi) is 7.24. The molecule has 0 bridgehead atoms. The molecule has 4 amide bonds. The van der Waals surface area contributed by atoms with E-state index < -0.39 is 17.5 Å². The highest BCUT2D eigenvalue weighted by Gasteiger charge is 2.47. The van der Waals surface area contributed by atoms with Crippen LogP contribution in [-0.4, -0.2) is 62.1 Å². The molecule has 10 nitrogen and oxygen atoms in total. The van der Waals surface area contributed by atoms with Gasteiger partial charge in [0, 0.05) is 31.8 Å². The van der Waals surface area contributed by atoms with Crippen molar-refractivity contribution in [2.45, 2.75) is 44.4 Å². The van der Waals surface area contributed by atoms with Gasteiger partial charge >= 0.3 is 6.03 Å². The number of benzene rings is 1. The quantitative estimate of drug-likeness (QED) is 0.307. The lowest BCUT2D eigenvalue weighted by Gasteiger charge is -2.26. The molecule has 0 aliphatic carbocycles. The summed E-state index contributed by atoms with van der Waals surface area (Å²) in [7, 11) is 1.52. The van der Waals surface area contributed by atoms with Crippen molar-refractivity contribution < 1.29 is 28.7 Å². The number of nitrogens with one attached hydrogen (secondary N) is 4. The van der Waals surface area contributed by atoms with E-state index in [0.29, 0.717) is 24.5 Å². The van der Waals surface area contributed by atoms with Crippen molar-refractivity contribution in [1.29, 1.82) is 0 Å². The van der Waals surface area contributed by atoms with Gasteiger partial charge in [0.1, 0.15) is 11.3 Å². The standard InChI is InChI=1S/C21H28N4O6/c1-13(26)17-8-15(30-2)6-5-14(17)10-22-12-21(19(28)24-20(29)25-21)9-18(27)23-11-16-4-3-7-31-16/h5-6,8,16,22H,3-4,7,9-12H2,1-2H3,(H,23,27)(H2,24,25,28,29). The van der Waals surface area contributed by atoms with Gasteiger partial charge in [-0.15, -0.1) is 0 Å². The number of imide groups is 1. The molecule has 2 saturated heterocycles. The molecular formula is C21H28N4O6. The zero-order chi connectivity index (χ0) is 22.4. The SMILES string of the molecule is COc1ccc(CNCC2(CC(=O)NCC3CCCO3)NC(=O)NC2=O)c(C(C)=O)c1. The molecule has 0 saturated carbocycles. The second kappa shape index (κ2) is 9.88. The fraction of sp³-hybridized carbons (Fsp3) is 0.524. The van der Waals surface area contributed by atoms with Crippen molar-refractivity contribution in [2.24, 2.45) is 0 Å². The van der Waals surface area contributed by atoms with E-state index in [4.69, 9.17) is 9.47 Å². The Bertz CT molecular complexity index is 867. The van der Waals surface area contributed by atoms with Crippen LogP contribution in [0.2, 0.25) is 0 Å². The number of Topliss-reactive ketones (excluding diaryl/α,β-unsaturated/α-hetero) is 1. The van der Waals surface area contributed by atoms with Crippen molar-refractivity contribution in [1.82, 2.24) is 21.3 Å². The molecule has 168 valence electrons. The van der Waals surface area contributed by atoms with E-state index in [0.717, 1.165) is 18.4 Å². The molecule has 1 aromatic carbocycles. The van der Waals surface area contributed by atoms with Gasteiger partial charge in [0.2, 0.25) is 5.91 Å². The van der Waals surface area contributed by atoms with Crippen molar-refractivity contribution >= 4 is 23.6 Å². The Balaban J connectivity index is 1.64. The summed E-state index contributed by atoms with van der Waals surface area (Å²) >= 11 is 0. The van der Waals surface area contributed by atoms with Gasteiger partial charge in [0.15, 0.2) is 5.78 Å². The topological polar surface area (TPSA) is 135 Å². The third kappa shape index (κ3) is 5.59. The van der Waals surface area contributed by atoms with Gasteiger partial charge in [-0.3, -0.25) is 19.7 Å². The fourth-order valence-electron chi connectivity index (χ4n) is 3.78. The minimum atomic E-state index is -1.42. The summed E-state index contributed by atoms with van der Waals surface area (Å²) in [5.74, 6) is -0.482. The molecule has 0 spiro atoms. The molecule has 4 N–H and O–H groups in total. The maximum absolute atomic E-state index is 12.5. The minimum absolute atomic E-state index is 0.0152. The summed E-state index contributed by atoms with van der Waals surface area (Å²) in [6.45, 7) is 2.79. The predicted octanol–water partition coefficient (Wildman–Crippen LogP) is 0.251. The fourth-order valence-corrected chi connectivity index (χ4v) is 3.78. The number of hydrogen-bond acceptors (Lipinski definition) is 7. The molecule has 31 heavy (non-hydrogen) atoms. The molecule has 1 aromatic rings. The Labute approximate surface area is 180 Å². The molecule has 2 heterocycles. The molecule has 0 radical (unpaired) electrons. The molecule has 2 aliphatic rings. The smallest absolute Gasteiger partial charge is 0.322 e. The van der Waals surface area contributed by atoms with Gasteiger partial charge in [-0.2, -0.15) is 0 Å². The van der Waals surface area contributed by atoms with E-state index in [-0.39, 0.29) is 37.3 Å². The molecule has 10 heteroatoms. The van der Waals surface area contributed by atoms with Crippen molar-refractivity contribution in [3.63, 3.8) is 0 Å². The highest BCUT2D eigenvalue weighted by molar-refractivity contribution is 6.09. The number of ketones is 1. The summed E-state index contributed by atoms with van der Waals surface area (Å²) in [4.78, 5) is 48.7. The first-order valence-corrected chi connectivity index (χ1v) is 10.2. The number of carbonyl (C=O) groups excluding carboxylic acids is 4. The first-order chi connectivity index (χ1) is 14.8. The van der Waals surface area contributed by atoms with E-state index in [9.17, 15) is 19.2 Å². The largest absolute Gasteiger partial charge is 0.497 e. The van der Waals surface area contributed by atoms with E-state index >= 15 is 0 Å². The van der Waals surface area contributed by atoms with Crippen LogP contribution < -0.4 is 26.0 Å². The van der Waals surface area contributed by atoms with Crippen LogP contribution in [0.3, 0.4) is 0 Å². The molecule has 2 atom stereocenters. The van der Waals surface area contributed by atoms with Gasteiger partial charge in [-0.1, -0.05) is 6.07 Å². The third-order valence-corrected chi connectivity index (χ3v) is 5.47. The number of methoxy groups -OCH3 is 1. The van der Waals surface area contributed by atoms with E-state index in [1.807, 2.05) is 0 Å². The van der Waals surface area contributed by atoms with Crippen LogP contribution >= 0.6 is 0 Å². The van der Waals surface area contributed by atoms with Crippen LogP contribution in [0.5, 0.6) is 5.75 Å². The number of amides is 4. The molecule has 2 fully saturated rings. The van der Waals surface area contributed by atoms with Crippen LogP contribution in [0.1, 0.15) is 42.1 Å². The highest BCUT2D eigenvalue weighted by atomic mass is 16.5. The maximum Gasteiger partial charge on any atom is 0.322 e. The summed E-state index contributed by atoms with van der Waals surface area (Å²) < 4.78 is 10.6. The normalized spacial score (nSPS) is 22.7. The van der Waals surface area contributed by atoms with Crippen molar-refractivity contribution in [3.05, 3.63) is 29.3 Å². The second-order valence-corrected chi connectivity index (χ2v) is 7.79. The number of rotatable bonds is 10. The zero-order valence-corrected chi connectivity index (χ0v) is 17.7. The Hall–Kier alpha value is -2.98. The van der Waals surface area contributed by atoms with Crippen molar-refractivity contribution in [2.75, 3.05) is 26.8 Å². The lowest BCUT2D eigenvalue weighted by Crippen LogP contribution is -2.56. The molecule has 2 unspecified atom stereocenters. The highest BCUT2D eigenvalue weighted by Crippen LogP contribution is 2.20. The minimum Gasteiger partial charge on any atom is -0.497 e. The third-order valence-electron chi connectivity index (χ3n) is 5.47. The second-order valence-electron chi connectivity index (χ2n) is 7.79. The Morgan fingerprint density at radius 3 is 2.74 bits per heavy atom. The van der Waals surface area contributed by atoms with Gasteiger partial charge < -0.3 is 25.4 Å². The molecular weight excluding hydrogens is 404 g/mol. The van der Waals surface area contributed by atoms with E-state index in [1.54, 1.807) is 18.2 Å². The van der Waals surface area contributed by atoms with E-state index in [1.165, 1.54) is 14.0 Å². The van der Waals surface area contributed by atoms with Crippen LogP contribution in [0.15, 0.2) is 18.2 Å². The first-order valence-electron chi connectivity index (χ1n) is 10.2. The van der Waals surface area contributed by atoms with Crippen LogP contribution in [-0.2, 0) is 20.9 Å². The van der Waals surface area contributed by atoms with Crippen LogP contribution in [0, 0.1) is 0 Å². The van der Waals surface area contributed by atoms with Crippen LogP contribution in [0.4, 0.5) is 4.79 Å². The number of ether oxygens (including phenoxy) is 2. The zero-order valence-electron chi connectivity index (χ0n) is 17.7. The van der Waals surface area contributed by atoms with Crippen LogP contribution in [0.25, 0.3) is 0 Å². The summed E-state index contributed by atoms with van der Waals surface area (Å²) in [6.07, 6.45) is 1.60. The maximum atomic E-state index is 12.5. The number of carbonyl (C=O) groups is 4. The molecule has 3 rings (SSSR count). The summed E-state index contributed by atoms with van der Waals surface area (Å²) in [6, 6.07) is 4.50. The lowest BCUT2D eigenvalue weighted by atomic mass is 9.94. The molecule has 0 aromatic heterocycles. The molecule has 2 aliphatic heterocycles. The van der Waals surface area contributed by atoms with Gasteiger partial charge in [-0.05, 0) is 37.5 Å². The monoisotopic (exact) mass is 432 g/mol. The number of hydrogen-bond donors (Lipinski definition) is 4. The number of urea groups is 1. The lowest BCUT2D eigenvalue weighted by molar-refractivity contribution is -0.130. The van der Waals surface area contributed by atoms with Gasteiger partial charge in [0.25, 0.3) is 5.91 Å². The summed E-state index contributed by atoms with van der Waals surface area (Å²) in [5.41, 5.74) is -0.202. The average molecular weight is 432 g/mol. The average Bonchev–Trinajstić information content (AvgIpc) is 3.34. The first kappa shape index (κ1) is 22.7. The van der Waals surface area contributed by atoms with Gasteiger partial charge in [-0.25, -0.2) is 4.79 Å². The predicted molar refractivity (Wildman–Crippen MR) is 111 cm³/mol. The van der Waals surface area contributed by atoms with E-state index in [2.05, 4.69) is 21.3 Å². The Morgan fingerprint density at radius 2 is 2.13 bits per heavy atom. The van der Waals surface area contributed by atoms with Crippen molar-refractivity contribution in [3.8, 4) is 5.75 Å². The summed E-state index contributed by atoms with van der Waals surface area (Å²) in [5, 5.41) is 10.6. The Morgan fingerprint density at radius 1 is 1.32 bits per heavy atom. The van der Waals surface area contributed by atoms with Gasteiger partial charge in [0.05, 0.1) is 19.6 Å².